The van der Waals surface area contributed by atoms with Crippen LogP contribution in [-0.2, 0) is 11.3 Å². The zero-order valence-corrected chi connectivity index (χ0v) is 6.56. The molecule has 1 rings (SSSR count). The fourth-order valence-electron chi connectivity index (χ4n) is 0.944. The Hall–Kier alpha value is -1.65. The quantitative estimate of drug-likeness (QED) is 0.499. The third-order valence-corrected chi connectivity index (χ3v) is 1.39. The third kappa shape index (κ3) is 1.69. The summed E-state index contributed by atoms with van der Waals surface area (Å²) in [5.74, 6) is -0.153. The van der Waals surface area contributed by atoms with Crippen LogP contribution in [0, 0.1) is 10.1 Å². The van der Waals surface area contributed by atoms with Crippen molar-refractivity contribution in [3.8, 4) is 0 Å². The van der Waals surface area contributed by atoms with E-state index in [1.165, 1.54) is 23.8 Å². The summed E-state index contributed by atoms with van der Waals surface area (Å²) in [6.45, 7) is 1.45. The highest BCUT2D eigenvalue weighted by molar-refractivity contribution is 5.75. The highest BCUT2D eigenvalue weighted by atomic mass is 16.6. The SMILES string of the molecule is CC(=O)Cn1cccc1[N+](=O)[O-]. The maximum Gasteiger partial charge on any atom is 0.323 e. The number of carbonyl (C=O) groups excluding carboxylic acids is 1. The Morgan fingerprint density at radius 1 is 1.75 bits per heavy atom. The number of ketones is 1. The summed E-state index contributed by atoms with van der Waals surface area (Å²) in [6.07, 6.45) is 1.51. The van der Waals surface area contributed by atoms with Crippen LogP contribution in [0.5, 0.6) is 0 Å². The van der Waals surface area contributed by atoms with E-state index in [2.05, 4.69) is 0 Å². The Balaban J connectivity index is 2.91. The molecule has 1 heterocycles. The van der Waals surface area contributed by atoms with Gasteiger partial charge in [-0.15, -0.1) is 0 Å². The van der Waals surface area contributed by atoms with Crippen LogP contribution in [0.15, 0.2) is 18.3 Å². The second kappa shape index (κ2) is 3.17. The standard InChI is InChI=1S/C7H8N2O3/c1-6(10)5-8-4-2-3-7(8)9(11)12/h2-4H,5H2,1H3. The summed E-state index contributed by atoms with van der Waals surface area (Å²) in [4.78, 5) is 20.5. The molecular weight excluding hydrogens is 160 g/mol. The summed E-state index contributed by atoms with van der Waals surface area (Å²) in [5, 5.41) is 10.3. The monoisotopic (exact) mass is 168 g/mol. The predicted molar refractivity (Wildman–Crippen MR) is 41.8 cm³/mol. The Morgan fingerprint density at radius 2 is 2.42 bits per heavy atom. The van der Waals surface area contributed by atoms with Crippen molar-refractivity contribution in [2.75, 3.05) is 0 Å². The summed E-state index contributed by atoms with van der Waals surface area (Å²) in [5.41, 5.74) is 0. The molecule has 0 saturated carbocycles. The highest BCUT2D eigenvalue weighted by Crippen LogP contribution is 2.11. The molecule has 0 aliphatic heterocycles. The first-order valence-electron chi connectivity index (χ1n) is 3.40. The van der Waals surface area contributed by atoms with Gasteiger partial charge in [0.1, 0.15) is 6.54 Å². The van der Waals surface area contributed by atoms with Gasteiger partial charge < -0.3 is 10.1 Å². The van der Waals surface area contributed by atoms with E-state index in [9.17, 15) is 14.9 Å². The molecule has 5 nitrogen and oxygen atoms in total. The van der Waals surface area contributed by atoms with E-state index in [4.69, 9.17) is 0 Å². The van der Waals surface area contributed by atoms with Crippen LogP contribution < -0.4 is 0 Å². The fraction of sp³-hybridized carbons (Fsp3) is 0.286. The zero-order chi connectivity index (χ0) is 9.14. The van der Waals surface area contributed by atoms with Crippen molar-refractivity contribution < 1.29 is 9.72 Å². The molecule has 0 radical (unpaired) electrons. The van der Waals surface area contributed by atoms with Crippen LogP contribution in [0.25, 0.3) is 0 Å². The fourth-order valence-corrected chi connectivity index (χ4v) is 0.944. The van der Waals surface area contributed by atoms with Crippen molar-refractivity contribution in [3.63, 3.8) is 0 Å². The molecular formula is C7H8N2O3. The van der Waals surface area contributed by atoms with Gasteiger partial charge in [0.25, 0.3) is 0 Å². The van der Waals surface area contributed by atoms with Crippen molar-refractivity contribution in [2.45, 2.75) is 13.5 Å². The molecule has 5 heteroatoms. The predicted octanol–water partition coefficient (Wildman–Crippen LogP) is 0.985. The second-order valence-electron chi connectivity index (χ2n) is 2.45. The first kappa shape index (κ1) is 8.45. The van der Waals surface area contributed by atoms with E-state index >= 15 is 0 Å². The van der Waals surface area contributed by atoms with E-state index in [0.29, 0.717) is 0 Å². The lowest BCUT2D eigenvalue weighted by molar-refractivity contribution is -0.391. The van der Waals surface area contributed by atoms with Crippen LogP contribution in [0.1, 0.15) is 6.92 Å². The Kier molecular flexibility index (Phi) is 2.23. The molecule has 0 spiro atoms. The van der Waals surface area contributed by atoms with Crippen LogP contribution in [-0.4, -0.2) is 15.3 Å². The Labute approximate surface area is 68.8 Å². The first-order valence-corrected chi connectivity index (χ1v) is 3.40. The van der Waals surface area contributed by atoms with Gasteiger partial charge in [0.15, 0.2) is 5.78 Å². The lowest BCUT2D eigenvalue weighted by Gasteiger charge is -1.97. The van der Waals surface area contributed by atoms with Gasteiger partial charge in [-0.3, -0.25) is 4.79 Å². The van der Waals surface area contributed by atoms with Crippen molar-refractivity contribution in [1.29, 1.82) is 0 Å². The number of aromatic nitrogens is 1. The lowest BCUT2D eigenvalue weighted by atomic mass is 10.4. The number of Topliss-reactive ketones (excluding diaryl/α,β-unsaturated/α-hetero) is 1. The van der Waals surface area contributed by atoms with Gasteiger partial charge in [-0.05, 0) is 17.9 Å². The lowest BCUT2D eigenvalue weighted by Crippen LogP contribution is -2.07. The number of hydrogen-bond donors (Lipinski definition) is 0. The van der Waals surface area contributed by atoms with E-state index in [-0.39, 0.29) is 18.1 Å². The van der Waals surface area contributed by atoms with Crippen molar-refractivity contribution in [1.82, 2.24) is 4.57 Å². The molecule has 1 aromatic rings. The topological polar surface area (TPSA) is 65.1 Å². The molecule has 0 N–H and O–H groups in total. The average Bonchev–Trinajstić information content (AvgIpc) is 2.33. The van der Waals surface area contributed by atoms with Gasteiger partial charge in [-0.1, -0.05) is 0 Å². The summed E-state index contributed by atoms with van der Waals surface area (Å²) in [6, 6.07) is 2.91. The van der Waals surface area contributed by atoms with Crippen molar-refractivity contribution >= 4 is 11.6 Å². The van der Waals surface area contributed by atoms with Crippen LogP contribution in [0.4, 0.5) is 5.82 Å². The van der Waals surface area contributed by atoms with E-state index in [1.54, 1.807) is 6.07 Å². The molecule has 0 amide bonds. The van der Waals surface area contributed by atoms with Gasteiger partial charge in [0, 0.05) is 6.07 Å². The summed E-state index contributed by atoms with van der Waals surface area (Å²) >= 11 is 0. The second-order valence-corrected chi connectivity index (χ2v) is 2.45. The highest BCUT2D eigenvalue weighted by Gasteiger charge is 2.11. The van der Waals surface area contributed by atoms with Gasteiger partial charge in [0.05, 0.1) is 6.20 Å². The molecule has 12 heavy (non-hydrogen) atoms. The molecule has 0 saturated heterocycles. The van der Waals surface area contributed by atoms with Gasteiger partial charge in [0.2, 0.25) is 0 Å². The van der Waals surface area contributed by atoms with Gasteiger partial charge in [-0.2, -0.15) is 0 Å². The van der Waals surface area contributed by atoms with Crippen molar-refractivity contribution in [3.05, 3.63) is 28.4 Å². The Morgan fingerprint density at radius 3 is 2.92 bits per heavy atom. The maximum absolute atomic E-state index is 10.6. The zero-order valence-electron chi connectivity index (χ0n) is 6.56. The number of rotatable bonds is 3. The largest absolute Gasteiger partial charge is 0.358 e. The molecule has 0 unspecified atom stereocenters. The molecule has 64 valence electrons. The Bertz CT molecular complexity index is 316. The van der Waals surface area contributed by atoms with Crippen LogP contribution >= 0.6 is 0 Å². The molecule has 0 bridgehead atoms. The molecule has 0 aromatic carbocycles. The number of carbonyl (C=O) groups is 1. The molecule has 0 aliphatic carbocycles. The van der Waals surface area contributed by atoms with E-state index < -0.39 is 4.92 Å². The number of nitrogens with zero attached hydrogens (tertiary/aromatic N) is 2. The average molecular weight is 168 g/mol. The molecule has 1 aromatic heterocycles. The number of hydrogen-bond acceptors (Lipinski definition) is 3. The minimum Gasteiger partial charge on any atom is -0.358 e. The van der Waals surface area contributed by atoms with Crippen molar-refractivity contribution in [2.24, 2.45) is 0 Å². The van der Waals surface area contributed by atoms with E-state index in [1.807, 2.05) is 0 Å². The summed E-state index contributed by atoms with van der Waals surface area (Å²) in [7, 11) is 0. The third-order valence-electron chi connectivity index (χ3n) is 1.39. The minimum absolute atomic E-state index is 0.0507. The maximum atomic E-state index is 10.6. The first-order chi connectivity index (χ1) is 5.61. The van der Waals surface area contributed by atoms with E-state index in [0.717, 1.165) is 0 Å². The van der Waals surface area contributed by atoms with Gasteiger partial charge >= 0.3 is 5.82 Å². The normalized spacial score (nSPS) is 9.75. The molecule has 0 aliphatic rings. The smallest absolute Gasteiger partial charge is 0.323 e. The van der Waals surface area contributed by atoms with Gasteiger partial charge in [-0.25, -0.2) is 4.57 Å². The minimum atomic E-state index is -0.511. The molecule has 0 atom stereocenters. The molecule has 0 fully saturated rings. The van der Waals surface area contributed by atoms with Crippen LogP contribution in [0.2, 0.25) is 0 Å². The van der Waals surface area contributed by atoms with Crippen LogP contribution in [0.3, 0.4) is 0 Å². The summed E-state index contributed by atoms with van der Waals surface area (Å²) < 4.78 is 1.31. The number of nitro groups is 1.